The number of nitrogens with one attached hydrogen (secondary N) is 1. The van der Waals surface area contributed by atoms with Gasteiger partial charge in [0.1, 0.15) is 11.0 Å². The third-order valence-electron chi connectivity index (χ3n) is 3.04. The van der Waals surface area contributed by atoms with Gasteiger partial charge in [-0.15, -0.1) is 0 Å². The fourth-order valence-corrected chi connectivity index (χ4v) is 2.40. The van der Waals surface area contributed by atoms with Crippen LogP contribution in [0.15, 0.2) is 22.7 Å². The number of amides is 1. The van der Waals surface area contributed by atoms with Gasteiger partial charge >= 0.3 is 5.82 Å². The SMILES string of the molecule is Cc1ccc(NC(=O)Cn2nc([N+](=O)[O-])c(Br)c2C)cc1Cl. The second-order valence-electron chi connectivity index (χ2n) is 4.65. The average Bonchev–Trinajstić information content (AvgIpc) is 2.71. The van der Waals surface area contributed by atoms with Crippen LogP contribution in [0.5, 0.6) is 0 Å². The van der Waals surface area contributed by atoms with E-state index >= 15 is 0 Å². The first kappa shape index (κ1) is 16.4. The smallest absolute Gasteiger partial charge is 0.358 e. The molecule has 2 aromatic rings. The molecule has 0 aliphatic carbocycles. The van der Waals surface area contributed by atoms with Crippen LogP contribution in [0.2, 0.25) is 5.02 Å². The van der Waals surface area contributed by atoms with E-state index in [0.29, 0.717) is 16.4 Å². The van der Waals surface area contributed by atoms with Crippen LogP contribution in [0, 0.1) is 24.0 Å². The molecule has 0 radical (unpaired) electrons. The van der Waals surface area contributed by atoms with Crippen molar-refractivity contribution >= 4 is 44.9 Å². The van der Waals surface area contributed by atoms with E-state index in [-0.39, 0.29) is 22.7 Å². The summed E-state index contributed by atoms with van der Waals surface area (Å²) in [6.45, 7) is 3.36. The maximum absolute atomic E-state index is 12.0. The molecule has 0 aliphatic heterocycles. The van der Waals surface area contributed by atoms with E-state index < -0.39 is 4.92 Å². The molecule has 0 saturated carbocycles. The molecule has 0 fully saturated rings. The first-order chi connectivity index (χ1) is 10.3. The van der Waals surface area contributed by atoms with Crippen molar-refractivity contribution in [2.24, 2.45) is 0 Å². The number of hydrogen-bond acceptors (Lipinski definition) is 4. The maximum atomic E-state index is 12.0. The van der Waals surface area contributed by atoms with Crippen molar-refractivity contribution < 1.29 is 9.72 Å². The number of nitrogens with zero attached hydrogens (tertiary/aromatic N) is 3. The van der Waals surface area contributed by atoms with Gasteiger partial charge in [-0.1, -0.05) is 17.7 Å². The normalized spacial score (nSPS) is 10.5. The number of aryl methyl sites for hydroxylation is 1. The van der Waals surface area contributed by atoms with Crippen molar-refractivity contribution in [1.82, 2.24) is 9.78 Å². The van der Waals surface area contributed by atoms with Crippen molar-refractivity contribution in [3.05, 3.63) is 49.1 Å². The van der Waals surface area contributed by atoms with Crippen LogP contribution >= 0.6 is 27.5 Å². The lowest BCUT2D eigenvalue weighted by Gasteiger charge is -2.06. The van der Waals surface area contributed by atoms with Crippen molar-refractivity contribution in [2.75, 3.05) is 5.32 Å². The third kappa shape index (κ3) is 3.45. The van der Waals surface area contributed by atoms with Crippen molar-refractivity contribution in [3.8, 4) is 0 Å². The summed E-state index contributed by atoms with van der Waals surface area (Å²) in [6.07, 6.45) is 0. The number of halogens is 2. The summed E-state index contributed by atoms with van der Waals surface area (Å²) in [6, 6.07) is 5.16. The number of rotatable bonds is 4. The zero-order valence-corrected chi connectivity index (χ0v) is 14.1. The van der Waals surface area contributed by atoms with E-state index in [0.717, 1.165) is 5.56 Å². The molecular formula is C13H12BrClN4O3. The van der Waals surface area contributed by atoms with Gasteiger partial charge in [-0.2, -0.15) is 4.68 Å². The summed E-state index contributed by atoms with van der Waals surface area (Å²) in [5.41, 5.74) is 1.96. The minimum atomic E-state index is -0.606. The molecule has 0 saturated heterocycles. The van der Waals surface area contributed by atoms with Crippen LogP contribution in [0.3, 0.4) is 0 Å². The molecule has 1 N–H and O–H groups in total. The molecule has 0 unspecified atom stereocenters. The van der Waals surface area contributed by atoms with E-state index in [1.54, 1.807) is 25.1 Å². The molecule has 0 bridgehead atoms. The van der Waals surface area contributed by atoms with Gasteiger partial charge in [0.2, 0.25) is 5.91 Å². The largest absolute Gasteiger partial charge is 0.404 e. The van der Waals surface area contributed by atoms with Crippen LogP contribution < -0.4 is 5.32 Å². The number of nitro groups is 1. The van der Waals surface area contributed by atoms with E-state index in [4.69, 9.17) is 11.6 Å². The molecule has 7 nitrogen and oxygen atoms in total. The average molecular weight is 388 g/mol. The molecule has 2 rings (SSSR count). The zero-order valence-electron chi connectivity index (χ0n) is 11.8. The highest BCUT2D eigenvalue weighted by Crippen LogP contribution is 2.27. The molecule has 0 atom stereocenters. The predicted octanol–water partition coefficient (Wildman–Crippen LogP) is 3.46. The third-order valence-corrected chi connectivity index (χ3v) is 4.37. The summed E-state index contributed by atoms with van der Waals surface area (Å²) < 4.78 is 1.54. The van der Waals surface area contributed by atoms with E-state index in [9.17, 15) is 14.9 Å². The Morgan fingerprint density at radius 1 is 1.50 bits per heavy atom. The van der Waals surface area contributed by atoms with E-state index in [1.165, 1.54) is 4.68 Å². The summed E-state index contributed by atoms with van der Waals surface area (Å²) in [7, 11) is 0. The Hall–Kier alpha value is -1.93. The van der Waals surface area contributed by atoms with E-state index in [2.05, 4.69) is 26.3 Å². The maximum Gasteiger partial charge on any atom is 0.404 e. The Morgan fingerprint density at radius 2 is 2.18 bits per heavy atom. The van der Waals surface area contributed by atoms with Gasteiger partial charge in [0, 0.05) is 10.7 Å². The topological polar surface area (TPSA) is 90.1 Å². The second kappa shape index (κ2) is 6.45. The number of benzene rings is 1. The van der Waals surface area contributed by atoms with Crippen LogP contribution in [0.4, 0.5) is 11.5 Å². The van der Waals surface area contributed by atoms with Crippen molar-refractivity contribution in [2.45, 2.75) is 20.4 Å². The van der Waals surface area contributed by atoms with Gasteiger partial charge in [-0.3, -0.25) is 4.79 Å². The lowest BCUT2D eigenvalue weighted by molar-refractivity contribution is -0.390. The van der Waals surface area contributed by atoms with Gasteiger partial charge < -0.3 is 15.4 Å². The highest BCUT2D eigenvalue weighted by molar-refractivity contribution is 9.10. The van der Waals surface area contributed by atoms with Gasteiger partial charge in [-0.05, 0) is 52.4 Å². The number of aromatic nitrogens is 2. The molecule has 116 valence electrons. The summed E-state index contributed by atoms with van der Waals surface area (Å²) in [5.74, 6) is -0.670. The van der Waals surface area contributed by atoms with Crippen molar-refractivity contribution in [1.29, 1.82) is 0 Å². The first-order valence-corrected chi connectivity index (χ1v) is 7.40. The number of anilines is 1. The van der Waals surface area contributed by atoms with Gasteiger partial charge in [0.25, 0.3) is 0 Å². The van der Waals surface area contributed by atoms with Crippen LogP contribution in [-0.4, -0.2) is 20.6 Å². The van der Waals surface area contributed by atoms with Gasteiger partial charge in [-0.25, -0.2) is 0 Å². The van der Waals surface area contributed by atoms with Crippen LogP contribution in [0.1, 0.15) is 11.3 Å². The minimum Gasteiger partial charge on any atom is -0.358 e. The summed E-state index contributed by atoms with van der Waals surface area (Å²) in [5, 5.41) is 17.8. The summed E-state index contributed by atoms with van der Waals surface area (Å²) >= 11 is 9.09. The van der Waals surface area contributed by atoms with Gasteiger partial charge in [0.15, 0.2) is 0 Å². The molecule has 1 aromatic heterocycles. The Morgan fingerprint density at radius 3 is 2.73 bits per heavy atom. The zero-order chi connectivity index (χ0) is 16.4. The molecule has 22 heavy (non-hydrogen) atoms. The molecule has 1 amide bonds. The highest BCUT2D eigenvalue weighted by Gasteiger charge is 2.24. The van der Waals surface area contributed by atoms with Crippen LogP contribution in [0.25, 0.3) is 0 Å². The molecule has 0 spiro atoms. The Kier molecular flexibility index (Phi) is 4.82. The molecule has 9 heteroatoms. The fraction of sp³-hybridized carbons (Fsp3) is 0.231. The van der Waals surface area contributed by atoms with E-state index in [1.807, 2.05) is 6.92 Å². The monoisotopic (exact) mass is 386 g/mol. The van der Waals surface area contributed by atoms with Gasteiger partial charge in [0.05, 0.1) is 10.8 Å². The number of carbonyl (C=O) groups excluding carboxylic acids is 1. The Balaban J connectivity index is 2.14. The van der Waals surface area contributed by atoms with Crippen LogP contribution in [-0.2, 0) is 11.3 Å². The number of hydrogen-bond donors (Lipinski definition) is 1. The second-order valence-corrected chi connectivity index (χ2v) is 5.85. The Bertz CT molecular complexity index is 760. The lowest BCUT2D eigenvalue weighted by atomic mass is 10.2. The highest BCUT2D eigenvalue weighted by atomic mass is 79.9. The first-order valence-electron chi connectivity index (χ1n) is 6.23. The number of carbonyl (C=O) groups is 1. The molecule has 1 heterocycles. The predicted molar refractivity (Wildman–Crippen MR) is 86.1 cm³/mol. The lowest BCUT2D eigenvalue weighted by Crippen LogP contribution is -2.20. The minimum absolute atomic E-state index is 0.135. The standard InChI is InChI=1S/C13H12BrClN4O3/c1-7-3-4-9(5-10(7)15)16-11(20)6-18-8(2)12(14)13(17-18)19(21)22/h3-5H,6H2,1-2H3,(H,16,20). The quantitative estimate of drug-likeness (QED) is 0.642. The molecule has 0 aliphatic rings. The molecule has 1 aromatic carbocycles. The molecular weight excluding hydrogens is 376 g/mol. The Labute approximate surface area is 139 Å². The summed E-state index contributed by atoms with van der Waals surface area (Å²) in [4.78, 5) is 22.2. The fourth-order valence-electron chi connectivity index (χ4n) is 1.79. The van der Waals surface area contributed by atoms with Crippen molar-refractivity contribution in [3.63, 3.8) is 0 Å².